The topological polar surface area (TPSA) is 86.8 Å². The summed E-state index contributed by atoms with van der Waals surface area (Å²) in [6, 6.07) is 14.1. The van der Waals surface area contributed by atoms with Crippen molar-refractivity contribution in [1.82, 2.24) is 10.2 Å². The number of hydrogen-bond acceptors (Lipinski definition) is 4. The van der Waals surface area contributed by atoms with Crippen LogP contribution in [0.3, 0.4) is 0 Å². The van der Waals surface area contributed by atoms with Gasteiger partial charge in [-0.1, -0.05) is 55.8 Å². The summed E-state index contributed by atoms with van der Waals surface area (Å²) in [7, 11) is -3.75. The molecule has 0 radical (unpaired) electrons. The van der Waals surface area contributed by atoms with Crippen LogP contribution < -0.4 is 9.62 Å². The first-order valence-corrected chi connectivity index (χ1v) is 13.7. The van der Waals surface area contributed by atoms with Crippen LogP contribution in [0.5, 0.6) is 0 Å². The van der Waals surface area contributed by atoms with Crippen molar-refractivity contribution in [2.75, 3.05) is 17.1 Å². The maximum Gasteiger partial charge on any atom is 0.244 e. The number of benzene rings is 2. The van der Waals surface area contributed by atoms with Gasteiger partial charge in [-0.25, -0.2) is 8.42 Å². The third-order valence-corrected chi connectivity index (χ3v) is 6.81. The van der Waals surface area contributed by atoms with E-state index in [9.17, 15) is 18.0 Å². The van der Waals surface area contributed by atoms with Crippen molar-refractivity contribution in [3.63, 3.8) is 0 Å². The molecule has 0 fully saturated rings. The monoisotopic (exact) mass is 501 g/mol. The van der Waals surface area contributed by atoms with E-state index in [1.54, 1.807) is 19.1 Å². The zero-order chi connectivity index (χ0) is 26.6. The standard InChI is InChI=1S/C27H39N3O4S/c1-19(2)23-13-15-24(16-14-23)30(35(8,33)34)18-25(31)29(17-22-11-9-20(3)10-12-22)21(4)26(32)28-27(5,6)7/h9-16,19,21H,17-18H2,1-8H3,(H,28,32)/t21-/m0/s1. The molecule has 1 atom stereocenters. The van der Waals surface area contributed by atoms with Gasteiger partial charge in [0.1, 0.15) is 12.6 Å². The molecule has 0 aromatic heterocycles. The first-order valence-electron chi connectivity index (χ1n) is 11.8. The maximum absolute atomic E-state index is 13.6. The summed E-state index contributed by atoms with van der Waals surface area (Å²) >= 11 is 0. The van der Waals surface area contributed by atoms with Crippen molar-refractivity contribution >= 4 is 27.5 Å². The molecule has 2 rings (SSSR count). The fourth-order valence-corrected chi connectivity index (χ4v) is 4.44. The number of carbonyl (C=O) groups is 2. The summed E-state index contributed by atoms with van der Waals surface area (Å²) in [4.78, 5) is 28.0. The highest BCUT2D eigenvalue weighted by atomic mass is 32.2. The Hall–Kier alpha value is -2.87. The van der Waals surface area contributed by atoms with E-state index < -0.39 is 34.1 Å². The fourth-order valence-electron chi connectivity index (χ4n) is 3.59. The molecule has 0 spiro atoms. The highest BCUT2D eigenvalue weighted by molar-refractivity contribution is 7.92. The Morgan fingerprint density at radius 2 is 1.49 bits per heavy atom. The van der Waals surface area contributed by atoms with Gasteiger partial charge in [0, 0.05) is 12.1 Å². The Kier molecular flexibility index (Phi) is 9.11. The van der Waals surface area contributed by atoms with Crippen LogP contribution in [0.1, 0.15) is 64.2 Å². The molecule has 1 N–H and O–H groups in total. The fraction of sp³-hybridized carbons (Fsp3) is 0.481. The van der Waals surface area contributed by atoms with E-state index in [-0.39, 0.29) is 12.5 Å². The van der Waals surface area contributed by atoms with Crippen LogP contribution in [-0.4, -0.2) is 49.5 Å². The average molecular weight is 502 g/mol. The minimum Gasteiger partial charge on any atom is -0.350 e. The predicted molar refractivity (Wildman–Crippen MR) is 142 cm³/mol. The van der Waals surface area contributed by atoms with Gasteiger partial charge in [0.05, 0.1) is 11.9 Å². The number of sulfonamides is 1. The first kappa shape index (κ1) is 28.4. The van der Waals surface area contributed by atoms with E-state index in [1.807, 2.05) is 64.1 Å². The Bertz CT molecular complexity index is 1120. The van der Waals surface area contributed by atoms with E-state index in [0.29, 0.717) is 11.6 Å². The van der Waals surface area contributed by atoms with Gasteiger partial charge in [-0.05, 0) is 63.8 Å². The molecule has 2 aromatic carbocycles. The second-order valence-electron chi connectivity index (χ2n) is 10.4. The Labute approximate surface area is 210 Å². The summed E-state index contributed by atoms with van der Waals surface area (Å²) in [5.74, 6) is -0.463. The van der Waals surface area contributed by atoms with Crippen molar-refractivity contribution in [3.8, 4) is 0 Å². The largest absolute Gasteiger partial charge is 0.350 e. The van der Waals surface area contributed by atoms with Gasteiger partial charge in [-0.2, -0.15) is 0 Å². The average Bonchev–Trinajstić information content (AvgIpc) is 2.74. The maximum atomic E-state index is 13.6. The van der Waals surface area contributed by atoms with E-state index in [1.165, 1.54) is 4.90 Å². The van der Waals surface area contributed by atoms with Crippen LogP contribution in [0.2, 0.25) is 0 Å². The van der Waals surface area contributed by atoms with Crippen molar-refractivity contribution in [2.45, 2.75) is 72.5 Å². The summed E-state index contributed by atoms with van der Waals surface area (Å²) in [5, 5.41) is 2.92. The van der Waals surface area contributed by atoms with E-state index in [2.05, 4.69) is 19.2 Å². The molecule has 35 heavy (non-hydrogen) atoms. The Morgan fingerprint density at radius 3 is 1.94 bits per heavy atom. The quantitative estimate of drug-likeness (QED) is 0.557. The molecule has 0 aliphatic carbocycles. The van der Waals surface area contributed by atoms with Gasteiger partial charge in [0.25, 0.3) is 0 Å². The Balaban J connectivity index is 2.39. The van der Waals surface area contributed by atoms with Gasteiger partial charge in [0.2, 0.25) is 21.8 Å². The number of nitrogens with zero attached hydrogens (tertiary/aromatic N) is 2. The summed E-state index contributed by atoms with van der Waals surface area (Å²) < 4.78 is 26.4. The molecule has 0 bridgehead atoms. The zero-order valence-electron chi connectivity index (χ0n) is 22.1. The molecular formula is C27H39N3O4S. The van der Waals surface area contributed by atoms with Crippen molar-refractivity contribution in [3.05, 3.63) is 65.2 Å². The van der Waals surface area contributed by atoms with Crippen molar-refractivity contribution in [2.24, 2.45) is 0 Å². The van der Waals surface area contributed by atoms with Crippen LogP contribution in [-0.2, 0) is 26.2 Å². The van der Waals surface area contributed by atoms with Crippen LogP contribution >= 0.6 is 0 Å². The molecule has 0 aliphatic heterocycles. The molecule has 0 saturated carbocycles. The highest BCUT2D eigenvalue weighted by Gasteiger charge is 2.31. The van der Waals surface area contributed by atoms with Crippen molar-refractivity contribution < 1.29 is 18.0 Å². The number of carbonyl (C=O) groups excluding carboxylic acids is 2. The molecule has 8 heteroatoms. The summed E-state index contributed by atoms with van der Waals surface area (Å²) in [6.45, 7) is 13.1. The van der Waals surface area contributed by atoms with Crippen molar-refractivity contribution in [1.29, 1.82) is 0 Å². The van der Waals surface area contributed by atoms with Crippen LogP contribution in [0.4, 0.5) is 5.69 Å². The molecule has 0 unspecified atom stereocenters. The van der Waals surface area contributed by atoms with Gasteiger partial charge in [0.15, 0.2) is 0 Å². The smallest absolute Gasteiger partial charge is 0.244 e. The molecule has 0 aliphatic rings. The summed E-state index contributed by atoms with van der Waals surface area (Å²) in [5.41, 5.74) is 2.94. The Morgan fingerprint density at radius 1 is 0.943 bits per heavy atom. The van der Waals surface area contributed by atoms with E-state index in [4.69, 9.17) is 0 Å². The minimum atomic E-state index is -3.75. The third kappa shape index (κ3) is 8.38. The second kappa shape index (κ2) is 11.2. The number of rotatable bonds is 9. The SMILES string of the molecule is Cc1ccc(CN(C(=O)CN(c2ccc(C(C)C)cc2)S(C)(=O)=O)[C@@H](C)C(=O)NC(C)(C)C)cc1. The first-order chi connectivity index (χ1) is 16.1. The van der Waals surface area contributed by atoms with Gasteiger partial charge in [-0.3, -0.25) is 13.9 Å². The molecule has 2 aromatic rings. The lowest BCUT2D eigenvalue weighted by Crippen LogP contribution is -2.54. The van der Waals surface area contributed by atoms with Crippen LogP contribution in [0.15, 0.2) is 48.5 Å². The minimum absolute atomic E-state index is 0.182. The molecule has 2 amide bonds. The molecular weight excluding hydrogens is 462 g/mol. The molecule has 192 valence electrons. The van der Waals surface area contributed by atoms with E-state index in [0.717, 1.165) is 27.3 Å². The summed E-state index contributed by atoms with van der Waals surface area (Å²) in [6.07, 6.45) is 1.08. The number of amides is 2. The number of nitrogens with one attached hydrogen (secondary N) is 1. The van der Waals surface area contributed by atoms with Gasteiger partial charge < -0.3 is 10.2 Å². The number of hydrogen-bond donors (Lipinski definition) is 1. The van der Waals surface area contributed by atoms with Crippen LogP contribution in [0.25, 0.3) is 0 Å². The molecule has 7 nitrogen and oxygen atoms in total. The second-order valence-corrected chi connectivity index (χ2v) is 12.3. The lowest BCUT2D eigenvalue weighted by atomic mass is 10.0. The lowest BCUT2D eigenvalue weighted by Gasteiger charge is -2.33. The normalized spacial score (nSPS) is 12.8. The highest BCUT2D eigenvalue weighted by Crippen LogP contribution is 2.23. The van der Waals surface area contributed by atoms with Gasteiger partial charge >= 0.3 is 0 Å². The van der Waals surface area contributed by atoms with E-state index >= 15 is 0 Å². The third-order valence-electron chi connectivity index (χ3n) is 5.67. The number of aryl methyl sites for hydroxylation is 1. The zero-order valence-corrected chi connectivity index (χ0v) is 22.9. The molecule has 0 heterocycles. The van der Waals surface area contributed by atoms with Gasteiger partial charge in [-0.15, -0.1) is 0 Å². The van der Waals surface area contributed by atoms with Crippen LogP contribution in [0, 0.1) is 6.92 Å². The molecule has 0 saturated heterocycles. The predicted octanol–water partition coefficient (Wildman–Crippen LogP) is 4.22. The lowest BCUT2D eigenvalue weighted by molar-refractivity contribution is -0.140. The number of anilines is 1.